The third kappa shape index (κ3) is 1.81. The molecule has 102 valence electrons. The average Bonchev–Trinajstić information content (AvgIpc) is 2.86. The van der Waals surface area contributed by atoms with E-state index in [0.29, 0.717) is 11.6 Å². The zero-order valence-electron chi connectivity index (χ0n) is 11.2. The van der Waals surface area contributed by atoms with Crippen LogP contribution in [0.25, 0.3) is 11.2 Å². The maximum Gasteiger partial charge on any atom is 0.226 e. The molecular formula is C12H18N6O. The van der Waals surface area contributed by atoms with E-state index in [2.05, 4.69) is 30.6 Å². The molecule has 2 heterocycles. The van der Waals surface area contributed by atoms with Crippen molar-refractivity contribution in [3.8, 4) is 0 Å². The molecule has 0 aromatic carbocycles. The molecule has 2 atom stereocenters. The van der Waals surface area contributed by atoms with Crippen molar-refractivity contribution in [2.45, 2.75) is 32.4 Å². The van der Waals surface area contributed by atoms with Gasteiger partial charge in [-0.3, -0.25) is 0 Å². The van der Waals surface area contributed by atoms with Crippen LogP contribution in [-0.2, 0) is 0 Å². The van der Waals surface area contributed by atoms with Crippen LogP contribution < -0.4 is 10.6 Å². The van der Waals surface area contributed by atoms with E-state index in [1.165, 1.54) is 0 Å². The second-order valence-corrected chi connectivity index (χ2v) is 5.52. The first-order valence-corrected chi connectivity index (χ1v) is 6.36. The maximum absolute atomic E-state index is 9.79. The molecule has 1 fully saturated rings. The summed E-state index contributed by atoms with van der Waals surface area (Å²) >= 11 is 0. The van der Waals surface area contributed by atoms with Crippen molar-refractivity contribution >= 4 is 22.9 Å². The van der Waals surface area contributed by atoms with Crippen LogP contribution in [0.3, 0.4) is 0 Å². The third-order valence-corrected chi connectivity index (χ3v) is 4.04. The molecule has 1 saturated carbocycles. The largest absolute Gasteiger partial charge is 0.392 e. The van der Waals surface area contributed by atoms with Crippen LogP contribution in [0.4, 0.5) is 11.8 Å². The molecule has 4 N–H and O–H groups in total. The molecular weight excluding hydrogens is 244 g/mol. The fourth-order valence-electron chi connectivity index (χ4n) is 2.36. The van der Waals surface area contributed by atoms with Gasteiger partial charge in [0.1, 0.15) is 5.52 Å². The zero-order chi connectivity index (χ0) is 13.6. The number of fused-ring (bicyclic) bond motifs is 1. The average molecular weight is 262 g/mol. The Hall–Kier alpha value is -1.89. The molecule has 19 heavy (non-hydrogen) atoms. The van der Waals surface area contributed by atoms with Crippen molar-refractivity contribution in [1.82, 2.24) is 19.9 Å². The molecule has 0 spiro atoms. The molecule has 2 aromatic rings. The first-order chi connectivity index (χ1) is 9.02. The van der Waals surface area contributed by atoms with Gasteiger partial charge in [-0.05, 0) is 6.42 Å². The topological polar surface area (TPSA) is 98.8 Å². The molecule has 3 rings (SSSR count). The van der Waals surface area contributed by atoms with E-state index in [-0.39, 0.29) is 17.6 Å². The van der Waals surface area contributed by atoms with Gasteiger partial charge < -0.3 is 20.7 Å². The van der Waals surface area contributed by atoms with Crippen molar-refractivity contribution in [3.63, 3.8) is 0 Å². The normalized spacial score (nSPS) is 25.1. The lowest BCUT2D eigenvalue weighted by Crippen LogP contribution is -2.57. The number of nitrogens with one attached hydrogen (secondary N) is 3. The highest BCUT2D eigenvalue weighted by molar-refractivity contribution is 5.83. The highest BCUT2D eigenvalue weighted by Crippen LogP contribution is 2.42. The summed E-state index contributed by atoms with van der Waals surface area (Å²) in [4.78, 5) is 15.9. The molecule has 0 aliphatic heterocycles. The van der Waals surface area contributed by atoms with Gasteiger partial charge in [0.2, 0.25) is 5.95 Å². The highest BCUT2D eigenvalue weighted by atomic mass is 16.3. The molecule has 0 saturated heterocycles. The van der Waals surface area contributed by atoms with E-state index in [0.717, 1.165) is 17.8 Å². The Morgan fingerprint density at radius 2 is 2.21 bits per heavy atom. The number of rotatable bonds is 3. The van der Waals surface area contributed by atoms with Crippen molar-refractivity contribution < 1.29 is 5.11 Å². The standard InChI is InChI=1S/C12H18N6O/c1-12(2)6(4-7(12)19)16-10-8-9(15-5-14-8)17-11(13-3)18-10/h5-7,19H,4H2,1-3H3,(H3,13,14,15,16,17,18). The van der Waals surface area contributed by atoms with Crippen molar-refractivity contribution in [2.75, 3.05) is 17.7 Å². The summed E-state index contributed by atoms with van der Waals surface area (Å²) in [6.45, 7) is 4.09. The summed E-state index contributed by atoms with van der Waals surface area (Å²) in [6.07, 6.45) is 2.06. The lowest BCUT2D eigenvalue weighted by atomic mass is 9.64. The Bertz CT molecular complexity index is 607. The van der Waals surface area contributed by atoms with Gasteiger partial charge in [0.15, 0.2) is 11.5 Å². The molecule has 2 aromatic heterocycles. The highest BCUT2D eigenvalue weighted by Gasteiger charge is 2.47. The van der Waals surface area contributed by atoms with E-state index in [4.69, 9.17) is 0 Å². The van der Waals surface area contributed by atoms with E-state index in [1.807, 2.05) is 13.8 Å². The van der Waals surface area contributed by atoms with E-state index < -0.39 is 0 Å². The van der Waals surface area contributed by atoms with Gasteiger partial charge >= 0.3 is 0 Å². The first-order valence-electron chi connectivity index (χ1n) is 6.36. The zero-order valence-corrected chi connectivity index (χ0v) is 11.2. The summed E-state index contributed by atoms with van der Waals surface area (Å²) < 4.78 is 0. The first kappa shape index (κ1) is 12.2. The minimum atomic E-state index is -0.270. The van der Waals surface area contributed by atoms with Crippen LogP contribution in [0, 0.1) is 5.41 Å². The van der Waals surface area contributed by atoms with Crippen LogP contribution in [-0.4, -0.2) is 44.2 Å². The van der Waals surface area contributed by atoms with Crippen LogP contribution in [0.2, 0.25) is 0 Å². The van der Waals surface area contributed by atoms with Gasteiger partial charge in [-0.2, -0.15) is 9.97 Å². The summed E-state index contributed by atoms with van der Waals surface area (Å²) in [7, 11) is 1.77. The lowest BCUT2D eigenvalue weighted by Gasteiger charge is -2.49. The molecule has 1 aliphatic rings. The molecule has 1 aliphatic carbocycles. The predicted molar refractivity (Wildman–Crippen MR) is 73.0 cm³/mol. The number of hydrogen-bond donors (Lipinski definition) is 4. The molecule has 7 nitrogen and oxygen atoms in total. The van der Waals surface area contributed by atoms with Crippen LogP contribution >= 0.6 is 0 Å². The monoisotopic (exact) mass is 262 g/mol. The Morgan fingerprint density at radius 1 is 1.42 bits per heavy atom. The molecule has 0 bridgehead atoms. The van der Waals surface area contributed by atoms with Crippen molar-refractivity contribution in [3.05, 3.63) is 6.33 Å². The number of aliphatic hydroxyl groups excluding tert-OH is 1. The fraction of sp³-hybridized carbons (Fsp3) is 0.583. The van der Waals surface area contributed by atoms with Gasteiger partial charge in [0.05, 0.1) is 12.4 Å². The number of H-pyrrole nitrogens is 1. The fourth-order valence-corrected chi connectivity index (χ4v) is 2.36. The second-order valence-electron chi connectivity index (χ2n) is 5.52. The van der Waals surface area contributed by atoms with Crippen molar-refractivity contribution in [1.29, 1.82) is 0 Å². The van der Waals surface area contributed by atoms with E-state index in [9.17, 15) is 5.11 Å². The SMILES string of the molecule is CNc1nc(NC2CC(O)C2(C)C)c2[nH]cnc2n1. The molecule has 7 heteroatoms. The third-order valence-electron chi connectivity index (χ3n) is 4.04. The van der Waals surface area contributed by atoms with Gasteiger partial charge in [0.25, 0.3) is 0 Å². The van der Waals surface area contributed by atoms with Crippen LogP contribution in [0.5, 0.6) is 0 Å². The smallest absolute Gasteiger partial charge is 0.226 e. The minimum Gasteiger partial charge on any atom is -0.392 e. The number of aromatic nitrogens is 4. The van der Waals surface area contributed by atoms with Crippen LogP contribution in [0.1, 0.15) is 20.3 Å². The van der Waals surface area contributed by atoms with E-state index in [1.54, 1.807) is 13.4 Å². The number of aromatic amines is 1. The number of nitrogens with zero attached hydrogens (tertiary/aromatic N) is 3. The van der Waals surface area contributed by atoms with E-state index >= 15 is 0 Å². The molecule has 0 amide bonds. The second kappa shape index (κ2) is 4.06. The number of anilines is 2. The Labute approximate surface area is 110 Å². The minimum absolute atomic E-state index is 0.156. The number of aliphatic hydroxyl groups is 1. The quantitative estimate of drug-likeness (QED) is 0.658. The van der Waals surface area contributed by atoms with Crippen molar-refractivity contribution in [2.24, 2.45) is 5.41 Å². The van der Waals surface area contributed by atoms with Gasteiger partial charge in [-0.15, -0.1) is 0 Å². The summed E-state index contributed by atoms with van der Waals surface area (Å²) in [6, 6.07) is 0.189. The van der Waals surface area contributed by atoms with Gasteiger partial charge in [-0.25, -0.2) is 4.98 Å². The molecule has 2 unspecified atom stereocenters. The Morgan fingerprint density at radius 3 is 2.84 bits per heavy atom. The van der Waals surface area contributed by atoms with Gasteiger partial charge in [0, 0.05) is 18.5 Å². The molecule has 0 radical (unpaired) electrons. The summed E-state index contributed by atoms with van der Waals surface area (Å²) in [5, 5.41) is 16.1. The number of imidazole rings is 1. The predicted octanol–water partition coefficient (Wildman–Crippen LogP) is 0.966. The summed E-state index contributed by atoms with van der Waals surface area (Å²) in [5.41, 5.74) is 1.26. The maximum atomic E-state index is 9.79. The van der Waals surface area contributed by atoms with Crippen LogP contribution in [0.15, 0.2) is 6.33 Å². The van der Waals surface area contributed by atoms with Gasteiger partial charge in [-0.1, -0.05) is 13.8 Å². The summed E-state index contributed by atoms with van der Waals surface area (Å²) in [5.74, 6) is 1.25. The number of hydrogen-bond acceptors (Lipinski definition) is 6. The lowest BCUT2D eigenvalue weighted by molar-refractivity contribution is -0.0511. The Balaban J connectivity index is 1.94. The Kier molecular flexibility index (Phi) is 2.60.